The lowest BCUT2D eigenvalue weighted by molar-refractivity contribution is -0.151. The standard InChI is InChI=1S/C21H18F3N3O5/c22-21(23,24)15-8-4-5-9-16(15)25-17(28)12-32-20(31)14-10-18(29)27(11-14)26-19(30)13-6-2-1-3-7-13/h1-9,14H,10-12H2,(H,25,28)(H,26,30)/t14-/m0/s1. The van der Waals surface area contributed by atoms with E-state index in [0.717, 1.165) is 17.1 Å². The number of nitrogens with one attached hydrogen (secondary N) is 2. The maximum Gasteiger partial charge on any atom is 0.418 e. The van der Waals surface area contributed by atoms with Crippen LogP contribution in [-0.4, -0.2) is 41.9 Å². The first-order valence-corrected chi connectivity index (χ1v) is 9.44. The van der Waals surface area contributed by atoms with E-state index in [4.69, 9.17) is 4.74 Å². The van der Waals surface area contributed by atoms with E-state index in [0.29, 0.717) is 5.56 Å². The van der Waals surface area contributed by atoms with E-state index < -0.39 is 53.6 Å². The third-order valence-electron chi connectivity index (χ3n) is 4.58. The van der Waals surface area contributed by atoms with Crippen molar-refractivity contribution in [1.29, 1.82) is 0 Å². The van der Waals surface area contributed by atoms with Crippen LogP contribution >= 0.6 is 0 Å². The summed E-state index contributed by atoms with van der Waals surface area (Å²) < 4.78 is 43.8. The van der Waals surface area contributed by atoms with Crippen LogP contribution < -0.4 is 10.7 Å². The number of carbonyl (C=O) groups excluding carboxylic acids is 4. The van der Waals surface area contributed by atoms with Gasteiger partial charge in [-0.05, 0) is 24.3 Å². The second kappa shape index (κ2) is 9.50. The number of hydrazine groups is 1. The van der Waals surface area contributed by atoms with E-state index in [1.54, 1.807) is 30.3 Å². The van der Waals surface area contributed by atoms with Crippen LogP contribution in [0.25, 0.3) is 0 Å². The van der Waals surface area contributed by atoms with Gasteiger partial charge >= 0.3 is 12.1 Å². The molecule has 0 aliphatic carbocycles. The van der Waals surface area contributed by atoms with Gasteiger partial charge in [0.2, 0.25) is 5.91 Å². The number of amides is 3. The molecule has 2 N–H and O–H groups in total. The molecule has 3 rings (SSSR count). The summed E-state index contributed by atoms with van der Waals surface area (Å²) in [5, 5.41) is 3.04. The summed E-state index contributed by atoms with van der Waals surface area (Å²) in [6, 6.07) is 12.5. The second-order valence-electron chi connectivity index (χ2n) is 6.91. The number of nitrogens with zero attached hydrogens (tertiary/aromatic N) is 1. The molecule has 1 aliphatic rings. The average Bonchev–Trinajstić information content (AvgIpc) is 3.12. The molecule has 2 aromatic carbocycles. The third-order valence-corrected chi connectivity index (χ3v) is 4.58. The number of carbonyl (C=O) groups is 4. The van der Waals surface area contributed by atoms with Crippen molar-refractivity contribution < 1.29 is 37.1 Å². The van der Waals surface area contributed by atoms with Gasteiger partial charge in [0.25, 0.3) is 11.8 Å². The fourth-order valence-electron chi connectivity index (χ4n) is 3.03. The SMILES string of the molecule is O=C(COC(=O)[C@H]1CC(=O)N(NC(=O)c2ccccc2)C1)Nc1ccccc1C(F)(F)F. The van der Waals surface area contributed by atoms with Crippen LogP contribution in [0.4, 0.5) is 18.9 Å². The van der Waals surface area contributed by atoms with Crippen molar-refractivity contribution in [1.82, 2.24) is 10.4 Å². The molecule has 11 heteroatoms. The molecule has 0 unspecified atom stereocenters. The number of para-hydroxylation sites is 1. The molecule has 0 radical (unpaired) electrons. The van der Waals surface area contributed by atoms with Gasteiger partial charge in [-0.15, -0.1) is 0 Å². The van der Waals surface area contributed by atoms with Crippen molar-refractivity contribution >= 4 is 29.4 Å². The van der Waals surface area contributed by atoms with Gasteiger partial charge in [0.15, 0.2) is 6.61 Å². The van der Waals surface area contributed by atoms with Crippen LogP contribution in [0.15, 0.2) is 54.6 Å². The van der Waals surface area contributed by atoms with E-state index in [2.05, 4.69) is 10.7 Å². The molecule has 1 fully saturated rings. The summed E-state index contributed by atoms with van der Waals surface area (Å²) in [4.78, 5) is 48.4. The summed E-state index contributed by atoms with van der Waals surface area (Å²) in [5.74, 6) is -3.83. The topological polar surface area (TPSA) is 105 Å². The first-order valence-electron chi connectivity index (χ1n) is 9.44. The largest absolute Gasteiger partial charge is 0.455 e. The highest BCUT2D eigenvalue weighted by molar-refractivity contribution is 5.97. The summed E-state index contributed by atoms with van der Waals surface area (Å²) in [6.07, 6.45) is -4.91. The van der Waals surface area contributed by atoms with Gasteiger partial charge in [-0.1, -0.05) is 30.3 Å². The average molecular weight is 449 g/mol. The van der Waals surface area contributed by atoms with Crippen LogP contribution in [0.5, 0.6) is 0 Å². The summed E-state index contributed by atoms with van der Waals surface area (Å²) in [7, 11) is 0. The summed E-state index contributed by atoms with van der Waals surface area (Å²) >= 11 is 0. The third kappa shape index (κ3) is 5.62. The number of benzene rings is 2. The number of esters is 1. The molecule has 3 amide bonds. The Kier molecular flexibility index (Phi) is 6.76. The molecule has 1 aliphatic heterocycles. The predicted molar refractivity (Wildman–Crippen MR) is 105 cm³/mol. The van der Waals surface area contributed by atoms with Crippen molar-refractivity contribution in [2.75, 3.05) is 18.5 Å². The van der Waals surface area contributed by atoms with Crippen molar-refractivity contribution in [2.24, 2.45) is 5.92 Å². The minimum atomic E-state index is -4.67. The number of hydrogen-bond acceptors (Lipinski definition) is 5. The Hall–Kier alpha value is -3.89. The zero-order valence-corrected chi connectivity index (χ0v) is 16.5. The smallest absolute Gasteiger partial charge is 0.418 e. The van der Waals surface area contributed by atoms with Gasteiger partial charge in [-0.25, -0.2) is 0 Å². The van der Waals surface area contributed by atoms with Gasteiger partial charge in [0, 0.05) is 12.0 Å². The number of anilines is 1. The molecule has 1 saturated heterocycles. The van der Waals surface area contributed by atoms with Gasteiger partial charge < -0.3 is 10.1 Å². The quantitative estimate of drug-likeness (QED) is 0.659. The Morgan fingerprint density at radius 2 is 1.69 bits per heavy atom. The Morgan fingerprint density at radius 3 is 2.38 bits per heavy atom. The van der Waals surface area contributed by atoms with Crippen LogP contribution in [0, 0.1) is 5.92 Å². The lowest BCUT2D eigenvalue weighted by Crippen LogP contribution is -2.43. The maximum atomic E-state index is 13.0. The first-order chi connectivity index (χ1) is 15.1. The van der Waals surface area contributed by atoms with Crippen molar-refractivity contribution in [2.45, 2.75) is 12.6 Å². The number of halogens is 3. The molecule has 0 aromatic heterocycles. The molecule has 0 saturated carbocycles. The zero-order valence-electron chi connectivity index (χ0n) is 16.5. The van der Waals surface area contributed by atoms with Crippen LogP contribution in [-0.2, 0) is 25.3 Å². The van der Waals surface area contributed by atoms with E-state index in [-0.39, 0.29) is 13.0 Å². The van der Waals surface area contributed by atoms with E-state index >= 15 is 0 Å². The molecule has 168 valence electrons. The molecular formula is C21H18F3N3O5. The highest BCUT2D eigenvalue weighted by Gasteiger charge is 2.37. The Bertz CT molecular complexity index is 1030. The van der Waals surface area contributed by atoms with E-state index in [1.807, 2.05) is 0 Å². The number of hydrogen-bond donors (Lipinski definition) is 2. The Morgan fingerprint density at radius 1 is 1.03 bits per heavy atom. The van der Waals surface area contributed by atoms with Gasteiger partial charge in [0.05, 0.1) is 23.7 Å². The maximum absolute atomic E-state index is 13.0. The molecule has 2 aromatic rings. The fraction of sp³-hybridized carbons (Fsp3) is 0.238. The molecule has 1 atom stereocenters. The lowest BCUT2D eigenvalue weighted by atomic mass is 10.1. The minimum Gasteiger partial charge on any atom is -0.455 e. The highest BCUT2D eigenvalue weighted by Crippen LogP contribution is 2.34. The Balaban J connectivity index is 1.51. The molecule has 8 nitrogen and oxygen atoms in total. The minimum absolute atomic E-state index is 0.158. The number of rotatable bonds is 6. The van der Waals surface area contributed by atoms with E-state index in [9.17, 15) is 32.3 Å². The summed E-state index contributed by atoms with van der Waals surface area (Å²) in [5.41, 5.74) is 1.22. The van der Waals surface area contributed by atoms with Crippen LogP contribution in [0.2, 0.25) is 0 Å². The summed E-state index contributed by atoms with van der Waals surface area (Å²) in [6.45, 7) is -0.985. The van der Waals surface area contributed by atoms with E-state index in [1.165, 1.54) is 12.1 Å². The second-order valence-corrected chi connectivity index (χ2v) is 6.91. The zero-order chi connectivity index (χ0) is 23.3. The van der Waals surface area contributed by atoms with Crippen LogP contribution in [0.3, 0.4) is 0 Å². The molecule has 0 bridgehead atoms. The fourth-order valence-corrected chi connectivity index (χ4v) is 3.03. The van der Waals surface area contributed by atoms with Crippen LogP contribution in [0.1, 0.15) is 22.3 Å². The lowest BCUT2D eigenvalue weighted by Gasteiger charge is -2.17. The number of ether oxygens (including phenoxy) is 1. The monoisotopic (exact) mass is 449 g/mol. The van der Waals surface area contributed by atoms with Gasteiger partial charge in [0.1, 0.15) is 0 Å². The Labute approximate surface area is 180 Å². The first kappa shape index (κ1) is 22.8. The van der Waals surface area contributed by atoms with Gasteiger partial charge in [-0.2, -0.15) is 13.2 Å². The number of alkyl halides is 3. The molecule has 32 heavy (non-hydrogen) atoms. The van der Waals surface area contributed by atoms with Crippen molar-refractivity contribution in [3.63, 3.8) is 0 Å². The van der Waals surface area contributed by atoms with Crippen molar-refractivity contribution in [3.8, 4) is 0 Å². The normalized spacial score (nSPS) is 15.9. The van der Waals surface area contributed by atoms with Crippen molar-refractivity contribution in [3.05, 3.63) is 65.7 Å². The molecule has 1 heterocycles. The molecule has 0 spiro atoms. The molecular weight excluding hydrogens is 431 g/mol. The predicted octanol–water partition coefficient (Wildman–Crippen LogP) is 2.38. The highest BCUT2D eigenvalue weighted by atomic mass is 19.4. The van der Waals surface area contributed by atoms with Gasteiger partial charge in [-0.3, -0.25) is 29.6 Å².